The molecule has 2 aliphatic rings. The van der Waals surface area contributed by atoms with E-state index in [1.807, 2.05) is 6.07 Å². The maximum Gasteiger partial charge on any atom is 0.252 e. The maximum atomic E-state index is 9.12. The van der Waals surface area contributed by atoms with Crippen LogP contribution in [0.3, 0.4) is 0 Å². The summed E-state index contributed by atoms with van der Waals surface area (Å²) in [7, 11) is 0. The monoisotopic (exact) mass is 1270 g/mol. The molecule has 0 amide bonds. The molecule has 0 atom stereocenters. The normalized spacial score (nSPS) is 14.0. The Morgan fingerprint density at radius 1 is 0.347 bits per heavy atom. The Hall–Kier alpha value is -10.7. The lowest BCUT2D eigenvalue weighted by atomic mass is 9.33. The molecule has 0 saturated carbocycles. The highest BCUT2D eigenvalue weighted by Gasteiger charge is 2.46. The van der Waals surface area contributed by atoms with Gasteiger partial charge in [-0.1, -0.05) is 294 Å². The highest BCUT2D eigenvalue weighted by molar-refractivity contribution is 7.00. The zero-order valence-corrected chi connectivity index (χ0v) is 57.6. The van der Waals surface area contributed by atoms with Crippen LogP contribution in [0.15, 0.2) is 279 Å². The number of rotatable bonds is 11. The van der Waals surface area contributed by atoms with Crippen LogP contribution >= 0.6 is 0 Å². The van der Waals surface area contributed by atoms with Gasteiger partial charge in [0, 0.05) is 69.7 Å². The summed E-state index contributed by atoms with van der Waals surface area (Å²) >= 11 is 0. The molecular weight excluding hydrogens is 1180 g/mol. The summed E-state index contributed by atoms with van der Waals surface area (Å²) in [6.45, 7) is 17.1. The van der Waals surface area contributed by atoms with Crippen LogP contribution in [0.5, 0.6) is 0 Å². The average molecular weight is 1270 g/mol. The molecule has 2 aliphatic heterocycles. The van der Waals surface area contributed by atoms with Crippen molar-refractivity contribution in [1.82, 2.24) is 4.57 Å². The van der Waals surface area contributed by atoms with Gasteiger partial charge in [0.2, 0.25) is 0 Å². The van der Waals surface area contributed by atoms with Crippen molar-refractivity contribution in [1.29, 1.82) is 0 Å². The first kappa shape index (κ1) is 55.5. The quantitative estimate of drug-likeness (QED) is 0.120. The molecule has 0 spiro atoms. The van der Waals surface area contributed by atoms with Gasteiger partial charge in [-0.3, -0.25) is 0 Å². The Balaban J connectivity index is 1.12. The summed E-state index contributed by atoms with van der Waals surface area (Å²) in [6, 6.07) is 100. The third kappa shape index (κ3) is 10.5. The van der Waals surface area contributed by atoms with Gasteiger partial charge >= 0.3 is 0 Å². The summed E-state index contributed by atoms with van der Waals surface area (Å²) in [5.41, 5.74) is 27.8. The molecule has 14 aromatic rings. The third-order valence-corrected chi connectivity index (χ3v) is 20.7. The fourth-order valence-electron chi connectivity index (χ4n) is 15.7. The number of nitrogens with zero attached hydrogens (tertiary/aromatic N) is 3. The molecule has 3 nitrogen and oxygen atoms in total. The molecule has 0 unspecified atom stereocenters. The Morgan fingerprint density at radius 2 is 0.776 bits per heavy atom. The van der Waals surface area contributed by atoms with E-state index in [2.05, 4.69) is 338 Å². The second-order valence-electron chi connectivity index (χ2n) is 29.6. The summed E-state index contributed by atoms with van der Waals surface area (Å²) in [5, 5.41) is 2.39. The fourth-order valence-corrected chi connectivity index (χ4v) is 15.7. The lowest BCUT2D eigenvalue weighted by Gasteiger charge is -2.46. The first-order valence-corrected chi connectivity index (χ1v) is 34.7. The average Bonchev–Trinajstić information content (AvgIpc) is 0.759. The van der Waals surface area contributed by atoms with Crippen molar-refractivity contribution in [2.24, 2.45) is 0 Å². The van der Waals surface area contributed by atoms with Crippen molar-refractivity contribution in [2.45, 2.75) is 106 Å². The molecule has 0 radical (unpaired) electrons. The van der Waals surface area contributed by atoms with Crippen LogP contribution in [0, 0.1) is 13.7 Å². The molecule has 478 valence electrons. The number of anilines is 6. The highest BCUT2D eigenvalue weighted by Crippen LogP contribution is 2.55. The Bertz CT molecular complexity index is 5460. The lowest BCUT2D eigenvalue weighted by Crippen LogP contribution is -2.61. The summed E-state index contributed by atoms with van der Waals surface area (Å²) in [4.78, 5) is 5.07. The molecule has 3 heterocycles. The molecule has 0 N–H and O–H groups in total. The van der Waals surface area contributed by atoms with Gasteiger partial charge in [0.05, 0.1) is 22.4 Å². The molecule has 0 fully saturated rings. The van der Waals surface area contributed by atoms with Crippen molar-refractivity contribution < 1.29 is 8.22 Å². The van der Waals surface area contributed by atoms with E-state index in [-0.39, 0.29) is 39.4 Å². The van der Waals surface area contributed by atoms with E-state index in [1.54, 1.807) is 18.2 Å². The molecule has 0 aliphatic carbocycles. The largest absolute Gasteiger partial charge is 0.310 e. The number of benzene rings is 13. The van der Waals surface area contributed by atoms with Crippen LogP contribution in [-0.2, 0) is 10.8 Å². The van der Waals surface area contributed by atoms with Gasteiger partial charge in [0.1, 0.15) is 0 Å². The first-order valence-electron chi connectivity index (χ1n) is 37.7. The van der Waals surface area contributed by atoms with E-state index in [1.165, 1.54) is 33.0 Å². The minimum Gasteiger partial charge on any atom is -0.310 e. The second-order valence-corrected chi connectivity index (χ2v) is 29.6. The van der Waals surface area contributed by atoms with Crippen LogP contribution in [0.25, 0.3) is 94.3 Å². The molecule has 4 heteroatoms. The summed E-state index contributed by atoms with van der Waals surface area (Å²) in [6.07, 6.45) is 0. The smallest absolute Gasteiger partial charge is 0.252 e. The predicted octanol–water partition coefficient (Wildman–Crippen LogP) is 24.3. The molecule has 98 heavy (non-hydrogen) atoms. The van der Waals surface area contributed by atoms with Gasteiger partial charge < -0.3 is 14.4 Å². The van der Waals surface area contributed by atoms with Crippen molar-refractivity contribution >= 4 is 79.0 Å². The minimum atomic E-state index is -2.67. The Morgan fingerprint density at radius 3 is 1.20 bits per heavy atom. The number of fused-ring (bicyclic) bond motifs is 7. The van der Waals surface area contributed by atoms with Crippen molar-refractivity contribution in [3.05, 3.63) is 312 Å². The van der Waals surface area contributed by atoms with Crippen LogP contribution in [-0.4, -0.2) is 11.3 Å². The van der Waals surface area contributed by atoms with E-state index >= 15 is 0 Å². The zero-order chi connectivity index (χ0) is 72.5. The van der Waals surface area contributed by atoms with Gasteiger partial charge in [0.15, 0.2) is 0 Å². The zero-order valence-electron chi connectivity index (χ0n) is 63.6. The van der Waals surface area contributed by atoms with Gasteiger partial charge in [-0.15, -0.1) is 0 Å². The number of para-hydroxylation sites is 2. The molecule has 13 aromatic carbocycles. The molecule has 16 rings (SSSR count). The Kier molecular flexibility index (Phi) is 13.7. The standard InChI is InChI=1S/C94H84BN3/c1-59(2)67-42-47-73(78(52-67)60(3)4)69-54-87-90-88(55-69)98(92-76(65-34-21-15-22-35-65)40-27-41-77(92)66-36-23-16-24-37-66)86-58-72(96-83-50-44-70(93(7,8)9)56-79(83)80-57-71(94(10,11)12)45-51-84(80)96)46-49-82(86)95(90)81-48-43-68(89-61(5)28-25-29-62(89)6)53-85(81)97(87)91-74(63-30-17-13-18-31-63)38-26-39-75(91)64-32-19-14-20-33-64/h13-60H,1-12H3/i5D3,6D3. The van der Waals surface area contributed by atoms with Gasteiger partial charge in [0.25, 0.3) is 6.71 Å². The van der Waals surface area contributed by atoms with E-state index in [0.717, 1.165) is 123 Å². The van der Waals surface area contributed by atoms with Crippen LogP contribution in [0.4, 0.5) is 34.1 Å². The van der Waals surface area contributed by atoms with Crippen LogP contribution in [0.2, 0.25) is 0 Å². The predicted molar refractivity (Wildman–Crippen MR) is 422 cm³/mol. The number of hydrogen-bond donors (Lipinski definition) is 0. The third-order valence-electron chi connectivity index (χ3n) is 20.7. The van der Waals surface area contributed by atoms with Crippen molar-refractivity contribution in [3.63, 3.8) is 0 Å². The second kappa shape index (κ2) is 24.1. The van der Waals surface area contributed by atoms with Gasteiger partial charge in [-0.05, 0) is 185 Å². The number of aromatic nitrogens is 1. The van der Waals surface area contributed by atoms with Crippen molar-refractivity contribution in [2.75, 3.05) is 9.80 Å². The van der Waals surface area contributed by atoms with E-state index < -0.39 is 20.4 Å². The molecule has 0 saturated heterocycles. The topological polar surface area (TPSA) is 11.4 Å². The minimum absolute atomic E-state index is 0.0223. The van der Waals surface area contributed by atoms with Gasteiger partial charge in [-0.25, -0.2) is 0 Å². The van der Waals surface area contributed by atoms with Crippen molar-refractivity contribution in [3.8, 4) is 72.4 Å². The Labute approximate surface area is 588 Å². The summed E-state index contributed by atoms with van der Waals surface area (Å²) < 4.78 is 57.2. The lowest BCUT2D eigenvalue weighted by molar-refractivity contribution is 0.590. The SMILES string of the molecule is [2H]C([2H])([2H])c1cccc(C([2H])([2H])[2H])c1-c1ccc2c(c1)N(c1c(-c3ccccc3)cccc1-c1ccccc1)c1cc(-c3ccc(C(C)C)cc3C(C)C)cc3c1B2c1ccc(-n2c4ccc(C(C)(C)C)cc4c4cc(C(C)(C)C)ccc42)cc1N3c1c(-c2ccccc2)cccc1-c1ccccc1. The summed E-state index contributed by atoms with van der Waals surface area (Å²) in [5.74, 6) is 0.411. The maximum absolute atomic E-state index is 9.12. The van der Waals surface area contributed by atoms with E-state index in [9.17, 15) is 0 Å². The number of hydrogen-bond acceptors (Lipinski definition) is 2. The molecular formula is C94H84BN3. The fraction of sp³-hybridized carbons (Fsp3) is 0.170. The highest BCUT2D eigenvalue weighted by atomic mass is 15.2. The van der Waals surface area contributed by atoms with Crippen LogP contribution in [0.1, 0.15) is 123 Å². The van der Waals surface area contributed by atoms with Gasteiger partial charge in [-0.2, -0.15) is 0 Å². The molecule has 1 aromatic heterocycles. The first-order chi connectivity index (χ1) is 49.8. The van der Waals surface area contributed by atoms with E-state index in [4.69, 9.17) is 8.22 Å². The number of aryl methyl sites for hydroxylation is 2. The molecule has 0 bridgehead atoms. The van der Waals surface area contributed by atoms with Crippen LogP contribution < -0.4 is 26.2 Å². The van der Waals surface area contributed by atoms with E-state index in [0.29, 0.717) is 5.56 Å².